The normalized spacial score (nSPS) is 20.1. The van der Waals surface area contributed by atoms with E-state index in [0.29, 0.717) is 12.5 Å². The van der Waals surface area contributed by atoms with Gasteiger partial charge in [0.25, 0.3) is 0 Å². The van der Waals surface area contributed by atoms with Gasteiger partial charge < -0.3 is 11.1 Å². The molecule has 2 unspecified atom stereocenters. The first-order valence-corrected chi connectivity index (χ1v) is 7.11. The summed E-state index contributed by atoms with van der Waals surface area (Å²) in [4.78, 5) is 12.2. The Balaban J connectivity index is 1.89. The lowest BCUT2D eigenvalue weighted by Crippen LogP contribution is -2.44. The second-order valence-corrected chi connectivity index (χ2v) is 5.88. The number of fused-ring (bicyclic) bond motifs is 1. The highest BCUT2D eigenvalue weighted by molar-refractivity contribution is 5.79. The monoisotopic (exact) mass is 264 g/mol. The molecule has 0 radical (unpaired) electrons. The first-order valence-electron chi connectivity index (χ1n) is 7.11. The van der Waals surface area contributed by atoms with E-state index < -0.39 is 0 Å². The molecule has 1 aliphatic carbocycles. The minimum absolute atomic E-state index is 0.0641. The van der Waals surface area contributed by atoms with Gasteiger partial charge in [-0.25, -0.2) is 0 Å². The molecule has 1 aliphatic rings. The molecule has 0 spiro atoms. The van der Waals surface area contributed by atoms with E-state index in [0.717, 1.165) is 25.7 Å². The summed E-state index contributed by atoms with van der Waals surface area (Å²) < 4.78 is 0. The Labute approximate surface area is 114 Å². The van der Waals surface area contributed by atoms with Crippen LogP contribution in [0.4, 0.5) is 0 Å². The quantitative estimate of drug-likeness (QED) is 0.742. The van der Waals surface area contributed by atoms with Gasteiger partial charge in [0.2, 0.25) is 5.91 Å². The molecule has 5 heteroatoms. The van der Waals surface area contributed by atoms with Crippen LogP contribution in [0.5, 0.6) is 0 Å². The van der Waals surface area contributed by atoms with E-state index >= 15 is 0 Å². The molecule has 19 heavy (non-hydrogen) atoms. The molecule has 0 saturated heterocycles. The highest BCUT2D eigenvalue weighted by Gasteiger charge is 2.25. The SMILES string of the molecule is CC(C)CC(CN)C(=O)NC1CCc2[nH]ncc2C1. The van der Waals surface area contributed by atoms with Crippen molar-refractivity contribution in [3.05, 3.63) is 17.5 Å². The van der Waals surface area contributed by atoms with E-state index in [1.807, 2.05) is 6.20 Å². The Morgan fingerprint density at radius 1 is 1.63 bits per heavy atom. The van der Waals surface area contributed by atoms with Gasteiger partial charge in [0, 0.05) is 18.3 Å². The van der Waals surface area contributed by atoms with E-state index in [4.69, 9.17) is 5.73 Å². The minimum atomic E-state index is -0.0641. The van der Waals surface area contributed by atoms with Crippen LogP contribution >= 0.6 is 0 Å². The first-order chi connectivity index (χ1) is 9.10. The summed E-state index contributed by atoms with van der Waals surface area (Å²) in [6, 6.07) is 0.221. The van der Waals surface area contributed by atoms with E-state index in [1.165, 1.54) is 11.3 Å². The molecule has 0 bridgehead atoms. The molecule has 106 valence electrons. The molecular formula is C14H24N4O. The van der Waals surface area contributed by atoms with Gasteiger partial charge in [-0.15, -0.1) is 0 Å². The summed E-state index contributed by atoms with van der Waals surface area (Å²) in [5.74, 6) is 0.532. The Morgan fingerprint density at radius 2 is 2.42 bits per heavy atom. The summed E-state index contributed by atoms with van der Waals surface area (Å²) in [6.07, 6.45) is 5.52. The average molecular weight is 264 g/mol. The Morgan fingerprint density at radius 3 is 3.11 bits per heavy atom. The number of rotatable bonds is 5. The highest BCUT2D eigenvalue weighted by Crippen LogP contribution is 2.19. The highest BCUT2D eigenvalue weighted by atomic mass is 16.1. The fourth-order valence-corrected chi connectivity index (χ4v) is 2.74. The lowest BCUT2D eigenvalue weighted by atomic mass is 9.91. The minimum Gasteiger partial charge on any atom is -0.353 e. The van der Waals surface area contributed by atoms with Crippen LogP contribution in [-0.4, -0.2) is 28.7 Å². The molecule has 5 nitrogen and oxygen atoms in total. The molecule has 0 saturated carbocycles. The lowest BCUT2D eigenvalue weighted by Gasteiger charge is -2.25. The van der Waals surface area contributed by atoms with Gasteiger partial charge in [-0.3, -0.25) is 9.89 Å². The van der Waals surface area contributed by atoms with Crippen molar-refractivity contribution in [1.29, 1.82) is 0 Å². The number of amides is 1. The smallest absolute Gasteiger partial charge is 0.224 e. The van der Waals surface area contributed by atoms with Crippen molar-refractivity contribution in [1.82, 2.24) is 15.5 Å². The molecule has 2 rings (SSSR count). The van der Waals surface area contributed by atoms with Crippen molar-refractivity contribution in [2.45, 2.75) is 45.6 Å². The van der Waals surface area contributed by atoms with Gasteiger partial charge >= 0.3 is 0 Å². The van der Waals surface area contributed by atoms with Gasteiger partial charge in [-0.05, 0) is 37.2 Å². The fourth-order valence-electron chi connectivity index (χ4n) is 2.74. The van der Waals surface area contributed by atoms with E-state index in [2.05, 4.69) is 29.4 Å². The number of aryl methyl sites for hydroxylation is 1. The van der Waals surface area contributed by atoms with Crippen LogP contribution in [0.1, 0.15) is 37.9 Å². The first kappa shape index (κ1) is 14.1. The molecule has 0 fully saturated rings. The molecular weight excluding hydrogens is 240 g/mol. The van der Waals surface area contributed by atoms with E-state index in [1.54, 1.807) is 0 Å². The molecule has 0 aromatic carbocycles. The Bertz CT molecular complexity index is 427. The van der Waals surface area contributed by atoms with Crippen molar-refractivity contribution >= 4 is 5.91 Å². The largest absolute Gasteiger partial charge is 0.353 e. The maximum Gasteiger partial charge on any atom is 0.224 e. The number of aromatic nitrogens is 2. The maximum atomic E-state index is 12.2. The number of H-pyrrole nitrogens is 1. The number of hydrogen-bond donors (Lipinski definition) is 3. The molecule has 1 heterocycles. The number of aromatic amines is 1. The second kappa shape index (κ2) is 6.19. The predicted molar refractivity (Wildman–Crippen MR) is 74.5 cm³/mol. The zero-order chi connectivity index (χ0) is 13.8. The third kappa shape index (κ3) is 3.56. The van der Waals surface area contributed by atoms with Crippen LogP contribution in [0.15, 0.2) is 6.20 Å². The molecule has 1 aromatic rings. The standard InChI is InChI=1S/C14H24N4O/c1-9(2)5-10(7-15)14(19)17-12-3-4-13-11(6-12)8-16-18-13/h8-10,12H,3-7,15H2,1-2H3,(H,16,18)(H,17,19). The number of nitrogens with two attached hydrogens (primary N) is 1. The van der Waals surface area contributed by atoms with Crippen molar-refractivity contribution in [2.24, 2.45) is 17.6 Å². The van der Waals surface area contributed by atoms with Gasteiger partial charge in [0.1, 0.15) is 0 Å². The summed E-state index contributed by atoms with van der Waals surface area (Å²) in [5.41, 5.74) is 8.15. The molecule has 4 N–H and O–H groups in total. The zero-order valence-electron chi connectivity index (χ0n) is 11.8. The van der Waals surface area contributed by atoms with Crippen molar-refractivity contribution in [3.8, 4) is 0 Å². The third-order valence-electron chi connectivity index (χ3n) is 3.77. The number of hydrogen-bond acceptors (Lipinski definition) is 3. The van der Waals surface area contributed by atoms with Gasteiger partial charge in [0.15, 0.2) is 0 Å². The Hall–Kier alpha value is -1.36. The number of nitrogens with zero attached hydrogens (tertiary/aromatic N) is 1. The van der Waals surface area contributed by atoms with Crippen LogP contribution in [0, 0.1) is 11.8 Å². The third-order valence-corrected chi connectivity index (χ3v) is 3.77. The fraction of sp³-hybridized carbons (Fsp3) is 0.714. The average Bonchev–Trinajstić information content (AvgIpc) is 2.82. The van der Waals surface area contributed by atoms with Crippen LogP contribution < -0.4 is 11.1 Å². The molecule has 2 atom stereocenters. The summed E-state index contributed by atoms with van der Waals surface area (Å²) in [5, 5.41) is 10.2. The molecule has 1 aromatic heterocycles. The van der Waals surface area contributed by atoms with Crippen LogP contribution in [0.25, 0.3) is 0 Å². The summed E-state index contributed by atoms with van der Waals surface area (Å²) >= 11 is 0. The lowest BCUT2D eigenvalue weighted by molar-refractivity contribution is -0.126. The number of carbonyl (C=O) groups is 1. The van der Waals surface area contributed by atoms with Crippen LogP contribution in [-0.2, 0) is 17.6 Å². The summed E-state index contributed by atoms with van der Waals surface area (Å²) in [6.45, 7) is 4.66. The number of carbonyl (C=O) groups excluding carboxylic acids is 1. The van der Waals surface area contributed by atoms with Gasteiger partial charge in [-0.2, -0.15) is 5.10 Å². The van der Waals surface area contributed by atoms with Gasteiger partial charge in [-0.1, -0.05) is 13.8 Å². The number of nitrogens with one attached hydrogen (secondary N) is 2. The van der Waals surface area contributed by atoms with Crippen molar-refractivity contribution < 1.29 is 4.79 Å². The zero-order valence-corrected chi connectivity index (χ0v) is 11.8. The summed E-state index contributed by atoms with van der Waals surface area (Å²) in [7, 11) is 0. The Kier molecular flexibility index (Phi) is 4.58. The van der Waals surface area contributed by atoms with Crippen LogP contribution in [0.2, 0.25) is 0 Å². The van der Waals surface area contributed by atoms with Crippen molar-refractivity contribution in [3.63, 3.8) is 0 Å². The van der Waals surface area contributed by atoms with Gasteiger partial charge in [0.05, 0.1) is 12.1 Å². The molecule has 1 amide bonds. The van der Waals surface area contributed by atoms with E-state index in [-0.39, 0.29) is 17.9 Å². The maximum absolute atomic E-state index is 12.2. The van der Waals surface area contributed by atoms with Crippen LogP contribution in [0.3, 0.4) is 0 Å². The van der Waals surface area contributed by atoms with E-state index in [9.17, 15) is 4.79 Å². The second-order valence-electron chi connectivity index (χ2n) is 5.88. The molecule has 0 aliphatic heterocycles. The topological polar surface area (TPSA) is 83.8 Å². The predicted octanol–water partition coefficient (Wildman–Crippen LogP) is 1.00. The van der Waals surface area contributed by atoms with Crippen molar-refractivity contribution in [2.75, 3.05) is 6.54 Å².